The Balaban J connectivity index is 1.70. The van der Waals surface area contributed by atoms with Gasteiger partial charge in [0.15, 0.2) is 0 Å². The molecule has 19 heavy (non-hydrogen) atoms. The molecule has 0 saturated carbocycles. The lowest BCUT2D eigenvalue weighted by Crippen LogP contribution is -2.38. The minimum absolute atomic E-state index is 0.266. The van der Waals surface area contributed by atoms with Crippen molar-refractivity contribution in [2.75, 3.05) is 26.4 Å². The summed E-state index contributed by atoms with van der Waals surface area (Å²) in [6, 6.07) is 5.83. The molecule has 2 rings (SSSR count). The van der Waals surface area contributed by atoms with Crippen molar-refractivity contribution in [2.45, 2.75) is 25.5 Å². The monoisotopic (exact) mass is 285 g/mol. The SMILES string of the molecule is Cc1cc(OCC(O)CNC2CCOC2)ccc1Cl. The first-order valence-electron chi connectivity index (χ1n) is 6.53. The van der Waals surface area contributed by atoms with Gasteiger partial charge in [0.05, 0.1) is 6.61 Å². The van der Waals surface area contributed by atoms with Gasteiger partial charge in [-0.25, -0.2) is 0 Å². The molecule has 2 atom stereocenters. The number of rotatable bonds is 6. The van der Waals surface area contributed by atoms with Crippen molar-refractivity contribution < 1.29 is 14.6 Å². The van der Waals surface area contributed by atoms with Gasteiger partial charge >= 0.3 is 0 Å². The molecule has 1 heterocycles. The van der Waals surface area contributed by atoms with Gasteiger partial charge in [0.25, 0.3) is 0 Å². The lowest BCUT2D eigenvalue weighted by Gasteiger charge is -2.16. The predicted octanol–water partition coefficient (Wildman–Crippen LogP) is 1.77. The molecule has 5 heteroatoms. The van der Waals surface area contributed by atoms with Crippen molar-refractivity contribution in [1.29, 1.82) is 0 Å². The zero-order chi connectivity index (χ0) is 13.7. The van der Waals surface area contributed by atoms with E-state index in [-0.39, 0.29) is 6.61 Å². The Labute approximate surface area is 118 Å². The molecule has 1 aliphatic rings. The van der Waals surface area contributed by atoms with Crippen LogP contribution in [0.1, 0.15) is 12.0 Å². The molecular formula is C14H20ClNO3. The van der Waals surface area contributed by atoms with E-state index in [1.54, 1.807) is 12.1 Å². The molecule has 0 radical (unpaired) electrons. The summed E-state index contributed by atoms with van der Waals surface area (Å²) in [6.07, 6.45) is 0.473. The number of aliphatic hydroxyl groups is 1. The van der Waals surface area contributed by atoms with E-state index in [9.17, 15) is 5.11 Å². The molecule has 1 saturated heterocycles. The van der Waals surface area contributed by atoms with Gasteiger partial charge in [-0.3, -0.25) is 0 Å². The quantitative estimate of drug-likeness (QED) is 0.836. The topological polar surface area (TPSA) is 50.7 Å². The van der Waals surface area contributed by atoms with Crippen LogP contribution in [0.3, 0.4) is 0 Å². The van der Waals surface area contributed by atoms with Gasteiger partial charge in [-0.15, -0.1) is 0 Å². The molecule has 2 unspecified atom stereocenters. The van der Waals surface area contributed by atoms with Crippen molar-refractivity contribution in [3.05, 3.63) is 28.8 Å². The minimum atomic E-state index is -0.531. The van der Waals surface area contributed by atoms with Crippen LogP contribution in [0.5, 0.6) is 5.75 Å². The first-order valence-corrected chi connectivity index (χ1v) is 6.91. The van der Waals surface area contributed by atoms with E-state index in [1.807, 2.05) is 13.0 Å². The summed E-state index contributed by atoms with van der Waals surface area (Å²) in [4.78, 5) is 0. The highest BCUT2D eigenvalue weighted by Gasteiger charge is 2.16. The minimum Gasteiger partial charge on any atom is -0.491 e. The van der Waals surface area contributed by atoms with E-state index in [0.29, 0.717) is 12.6 Å². The third-order valence-electron chi connectivity index (χ3n) is 3.14. The van der Waals surface area contributed by atoms with E-state index >= 15 is 0 Å². The van der Waals surface area contributed by atoms with Crippen LogP contribution in [0.15, 0.2) is 18.2 Å². The standard InChI is InChI=1S/C14H20ClNO3/c1-10-6-13(2-3-14(10)15)19-9-12(17)7-16-11-4-5-18-8-11/h2-3,6,11-12,16-17H,4-5,7-9H2,1H3. The van der Waals surface area contributed by atoms with Crippen molar-refractivity contribution in [2.24, 2.45) is 0 Å². The van der Waals surface area contributed by atoms with Gasteiger partial charge in [-0.05, 0) is 37.1 Å². The largest absolute Gasteiger partial charge is 0.491 e. The number of hydrogen-bond acceptors (Lipinski definition) is 4. The highest BCUT2D eigenvalue weighted by Crippen LogP contribution is 2.21. The highest BCUT2D eigenvalue weighted by atomic mass is 35.5. The van der Waals surface area contributed by atoms with Crippen molar-refractivity contribution in [3.8, 4) is 5.75 Å². The van der Waals surface area contributed by atoms with Crippen LogP contribution in [0.4, 0.5) is 0 Å². The fourth-order valence-corrected chi connectivity index (χ4v) is 2.07. The molecule has 1 aromatic rings. The summed E-state index contributed by atoms with van der Waals surface area (Å²) in [6.45, 7) is 4.23. The first-order chi connectivity index (χ1) is 9.15. The Hall–Kier alpha value is -0.810. The molecular weight excluding hydrogens is 266 g/mol. The van der Waals surface area contributed by atoms with Crippen LogP contribution in [0.25, 0.3) is 0 Å². The summed E-state index contributed by atoms with van der Waals surface area (Å²) >= 11 is 5.94. The molecule has 0 bridgehead atoms. The number of aliphatic hydroxyl groups excluding tert-OH is 1. The molecule has 106 valence electrons. The molecule has 0 amide bonds. The smallest absolute Gasteiger partial charge is 0.119 e. The number of benzene rings is 1. The van der Waals surface area contributed by atoms with E-state index in [2.05, 4.69) is 5.32 Å². The average molecular weight is 286 g/mol. The van der Waals surface area contributed by atoms with Crippen LogP contribution < -0.4 is 10.1 Å². The molecule has 1 aliphatic heterocycles. The Kier molecular flexibility index (Phi) is 5.45. The fourth-order valence-electron chi connectivity index (χ4n) is 1.96. The van der Waals surface area contributed by atoms with Gasteiger partial charge < -0.3 is 19.9 Å². The van der Waals surface area contributed by atoms with Gasteiger partial charge in [0, 0.05) is 24.2 Å². The second-order valence-electron chi connectivity index (χ2n) is 4.84. The maximum atomic E-state index is 9.84. The second-order valence-corrected chi connectivity index (χ2v) is 5.25. The van der Waals surface area contributed by atoms with Gasteiger partial charge in [-0.1, -0.05) is 11.6 Å². The zero-order valence-electron chi connectivity index (χ0n) is 11.1. The molecule has 0 aliphatic carbocycles. The summed E-state index contributed by atoms with van der Waals surface area (Å²) in [7, 11) is 0. The van der Waals surface area contributed by atoms with Crippen LogP contribution in [-0.2, 0) is 4.74 Å². The number of halogens is 1. The number of hydrogen-bond donors (Lipinski definition) is 2. The molecule has 2 N–H and O–H groups in total. The molecule has 0 spiro atoms. The summed E-state index contributed by atoms with van der Waals surface area (Å²) in [5.41, 5.74) is 0.967. The van der Waals surface area contributed by atoms with E-state index < -0.39 is 6.10 Å². The second kappa shape index (κ2) is 7.10. The summed E-state index contributed by atoms with van der Waals surface area (Å²) in [5, 5.41) is 13.8. The number of ether oxygens (including phenoxy) is 2. The highest BCUT2D eigenvalue weighted by molar-refractivity contribution is 6.31. The van der Waals surface area contributed by atoms with Crippen molar-refractivity contribution in [3.63, 3.8) is 0 Å². The Morgan fingerprint density at radius 3 is 3.11 bits per heavy atom. The third kappa shape index (κ3) is 4.66. The molecule has 1 fully saturated rings. The van der Waals surface area contributed by atoms with Gasteiger partial charge in [0.2, 0.25) is 0 Å². The van der Waals surface area contributed by atoms with Crippen LogP contribution in [0, 0.1) is 6.92 Å². The lowest BCUT2D eigenvalue weighted by molar-refractivity contribution is 0.102. The van der Waals surface area contributed by atoms with Crippen LogP contribution in [0.2, 0.25) is 5.02 Å². The molecule has 0 aromatic heterocycles. The fraction of sp³-hybridized carbons (Fsp3) is 0.571. The van der Waals surface area contributed by atoms with E-state index in [0.717, 1.165) is 36.0 Å². The Bertz CT molecular complexity index is 408. The summed E-state index contributed by atoms with van der Waals surface area (Å²) in [5.74, 6) is 0.727. The van der Waals surface area contributed by atoms with E-state index in [1.165, 1.54) is 0 Å². The number of aryl methyl sites for hydroxylation is 1. The molecule has 4 nitrogen and oxygen atoms in total. The van der Waals surface area contributed by atoms with Gasteiger partial charge in [0.1, 0.15) is 18.5 Å². The normalized spacial score (nSPS) is 20.5. The van der Waals surface area contributed by atoms with E-state index in [4.69, 9.17) is 21.1 Å². The van der Waals surface area contributed by atoms with Crippen LogP contribution in [-0.4, -0.2) is 43.6 Å². The van der Waals surface area contributed by atoms with Crippen LogP contribution >= 0.6 is 11.6 Å². The third-order valence-corrected chi connectivity index (χ3v) is 3.57. The van der Waals surface area contributed by atoms with Crippen molar-refractivity contribution in [1.82, 2.24) is 5.32 Å². The first kappa shape index (κ1) is 14.6. The number of nitrogens with one attached hydrogen (secondary N) is 1. The Morgan fingerprint density at radius 1 is 1.58 bits per heavy atom. The van der Waals surface area contributed by atoms with Crippen molar-refractivity contribution >= 4 is 11.6 Å². The lowest BCUT2D eigenvalue weighted by atomic mass is 10.2. The zero-order valence-corrected chi connectivity index (χ0v) is 11.8. The summed E-state index contributed by atoms with van der Waals surface area (Å²) < 4.78 is 10.8. The molecule has 1 aromatic carbocycles. The average Bonchev–Trinajstić information content (AvgIpc) is 2.91. The maximum Gasteiger partial charge on any atom is 0.119 e. The predicted molar refractivity (Wildman–Crippen MR) is 74.9 cm³/mol. The Morgan fingerprint density at radius 2 is 2.42 bits per heavy atom. The maximum absolute atomic E-state index is 9.84. The van der Waals surface area contributed by atoms with Gasteiger partial charge in [-0.2, -0.15) is 0 Å².